The molecule has 2 N–H and O–H groups in total. The molecule has 0 aliphatic heterocycles. The fourth-order valence-electron chi connectivity index (χ4n) is 2.06. The van der Waals surface area contributed by atoms with E-state index in [4.69, 9.17) is 10.5 Å². The van der Waals surface area contributed by atoms with Gasteiger partial charge in [0.1, 0.15) is 0 Å². The number of esters is 1. The van der Waals surface area contributed by atoms with Crippen LogP contribution >= 0.6 is 11.3 Å². The van der Waals surface area contributed by atoms with Gasteiger partial charge in [0.25, 0.3) is 0 Å². The summed E-state index contributed by atoms with van der Waals surface area (Å²) in [6.45, 7) is 2.55. The lowest BCUT2D eigenvalue weighted by molar-refractivity contribution is 0.0601. The first kappa shape index (κ1) is 14.3. The van der Waals surface area contributed by atoms with Crippen LogP contribution in [0.1, 0.15) is 21.1 Å². The highest BCUT2D eigenvalue weighted by Crippen LogP contribution is 2.29. The van der Waals surface area contributed by atoms with Crippen molar-refractivity contribution in [3.63, 3.8) is 0 Å². The van der Waals surface area contributed by atoms with Gasteiger partial charge in [-0.3, -0.25) is 0 Å². The molecule has 1 aromatic carbocycles. The van der Waals surface area contributed by atoms with E-state index in [0.717, 1.165) is 10.7 Å². The summed E-state index contributed by atoms with van der Waals surface area (Å²) in [7, 11) is 3.24. The van der Waals surface area contributed by atoms with E-state index in [1.54, 1.807) is 29.5 Å². The van der Waals surface area contributed by atoms with Gasteiger partial charge < -0.3 is 15.4 Å². The van der Waals surface area contributed by atoms with Crippen molar-refractivity contribution in [2.24, 2.45) is 0 Å². The number of rotatable bonds is 4. The number of nitrogens with zero attached hydrogens (tertiary/aromatic N) is 2. The molecule has 2 aromatic rings. The van der Waals surface area contributed by atoms with E-state index >= 15 is 0 Å². The molecular formula is C14H17N3O2S. The Kier molecular flexibility index (Phi) is 4.24. The summed E-state index contributed by atoms with van der Waals surface area (Å²) in [5.41, 5.74) is 8.63. The highest BCUT2D eigenvalue weighted by molar-refractivity contribution is 7.09. The van der Waals surface area contributed by atoms with Gasteiger partial charge in [-0.1, -0.05) is 6.07 Å². The van der Waals surface area contributed by atoms with E-state index in [-0.39, 0.29) is 0 Å². The molecule has 106 valence electrons. The Labute approximate surface area is 122 Å². The smallest absolute Gasteiger partial charge is 0.340 e. The van der Waals surface area contributed by atoms with Crippen LogP contribution in [0.5, 0.6) is 0 Å². The molecule has 20 heavy (non-hydrogen) atoms. The molecule has 0 radical (unpaired) electrons. The van der Waals surface area contributed by atoms with Gasteiger partial charge in [-0.05, 0) is 19.1 Å². The molecule has 0 aliphatic carbocycles. The van der Waals surface area contributed by atoms with Crippen molar-refractivity contribution in [1.82, 2.24) is 4.98 Å². The standard InChI is InChI=1S/C14H17N3O2S/c1-9-16-10(8-20-9)7-17(2)13-11(14(18)19-3)5-4-6-12(13)15/h4-6,8H,7,15H2,1-3H3. The first-order chi connectivity index (χ1) is 9.52. The number of hydrogen-bond acceptors (Lipinski definition) is 6. The Bertz CT molecular complexity index is 625. The number of nitrogens with two attached hydrogens (primary N) is 1. The van der Waals surface area contributed by atoms with Gasteiger partial charge in [-0.2, -0.15) is 0 Å². The second-order valence-corrected chi connectivity index (χ2v) is 5.51. The van der Waals surface area contributed by atoms with Crippen molar-refractivity contribution in [3.05, 3.63) is 39.8 Å². The molecule has 0 unspecified atom stereocenters. The molecule has 0 amide bonds. The summed E-state index contributed by atoms with van der Waals surface area (Å²) in [5, 5.41) is 3.02. The SMILES string of the molecule is COC(=O)c1cccc(N)c1N(C)Cc1csc(C)n1. The number of hydrogen-bond donors (Lipinski definition) is 1. The monoisotopic (exact) mass is 291 g/mol. The number of carbonyl (C=O) groups is 1. The number of methoxy groups -OCH3 is 1. The number of aromatic nitrogens is 1. The Morgan fingerprint density at radius 3 is 2.85 bits per heavy atom. The lowest BCUT2D eigenvalue weighted by atomic mass is 10.1. The average Bonchev–Trinajstić information content (AvgIpc) is 2.82. The van der Waals surface area contributed by atoms with Crippen molar-refractivity contribution < 1.29 is 9.53 Å². The van der Waals surface area contributed by atoms with Gasteiger partial charge in [-0.15, -0.1) is 11.3 Å². The van der Waals surface area contributed by atoms with E-state index in [9.17, 15) is 4.79 Å². The number of benzene rings is 1. The number of ether oxygens (including phenoxy) is 1. The minimum atomic E-state index is -0.395. The molecule has 0 saturated carbocycles. The molecule has 1 aromatic heterocycles. The molecule has 0 spiro atoms. The molecule has 5 nitrogen and oxygen atoms in total. The van der Waals surface area contributed by atoms with E-state index in [0.29, 0.717) is 23.5 Å². The van der Waals surface area contributed by atoms with E-state index in [1.165, 1.54) is 7.11 Å². The Morgan fingerprint density at radius 1 is 1.50 bits per heavy atom. The third kappa shape index (κ3) is 2.91. The van der Waals surface area contributed by atoms with Crippen LogP contribution in [-0.4, -0.2) is 25.1 Å². The van der Waals surface area contributed by atoms with Crippen LogP contribution in [0.25, 0.3) is 0 Å². The van der Waals surface area contributed by atoms with E-state index in [1.807, 2.05) is 24.3 Å². The van der Waals surface area contributed by atoms with Crippen LogP contribution in [-0.2, 0) is 11.3 Å². The lowest BCUT2D eigenvalue weighted by Crippen LogP contribution is -2.21. The first-order valence-electron chi connectivity index (χ1n) is 6.12. The van der Waals surface area contributed by atoms with Crippen molar-refractivity contribution in [2.45, 2.75) is 13.5 Å². The molecule has 0 fully saturated rings. The summed E-state index contributed by atoms with van der Waals surface area (Å²) >= 11 is 1.60. The molecule has 2 rings (SSSR count). The Hall–Kier alpha value is -2.08. The third-order valence-electron chi connectivity index (χ3n) is 2.92. The van der Waals surface area contributed by atoms with Crippen LogP contribution in [0.4, 0.5) is 11.4 Å². The highest BCUT2D eigenvalue weighted by atomic mass is 32.1. The van der Waals surface area contributed by atoms with Gasteiger partial charge in [0.05, 0.1) is 41.3 Å². The second-order valence-electron chi connectivity index (χ2n) is 4.45. The van der Waals surface area contributed by atoms with Gasteiger partial charge in [0.2, 0.25) is 0 Å². The number of carbonyl (C=O) groups excluding carboxylic acids is 1. The average molecular weight is 291 g/mol. The van der Waals surface area contributed by atoms with Crippen LogP contribution in [0.2, 0.25) is 0 Å². The maximum Gasteiger partial charge on any atom is 0.340 e. The maximum absolute atomic E-state index is 11.8. The van der Waals surface area contributed by atoms with Crippen LogP contribution in [0, 0.1) is 6.92 Å². The van der Waals surface area contributed by atoms with Crippen molar-refractivity contribution in [2.75, 3.05) is 24.8 Å². The molecule has 6 heteroatoms. The predicted octanol–water partition coefficient (Wildman–Crippen LogP) is 2.46. The third-order valence-corrected chi connectivity index (χ3v) is 3.74. The molecule has 0 aliphatic rings. The Morgan fingerprint density at radius 2 is 2.25 bits per heavy atom. The topological polar surface area (TPSA) is 68.5 Å². The number of anilines is 2. The number of aryl methyl sites for hydroxylation is 1. The molecule has 0 atom stereocenters. The number of nitrogen functional groups attached to an aromatic ring is 1. The van der Waals surface area contributed by atoms with Gasteiger partial charge in [0, 0.05) is 12.4 Å². The molecule has 0 bridgehead atoms. The zero-order valence-corrected chi connectivity index (χ0v) is 12.5. The van der Waals surface area contributed by atoms with Crippen LogP contribution in [0.3, 0.4) is 0 Å². The van der Waals surface area contributed by atoms with Crippen molar-refractivity contribution in [1.29, 1.82) is 0 Å². The predicted molar refractivity (Wildman–Crippen MR) is 81.2 cm³/mol. The summed E-state index contributed by atoms with van der Waals surface area (Å²) in [4.78, 5) is 18.2. The second kappa shape index (κ2) is 5.92. The number of para-hydroxylation sites is 1. The zero-order chi connectivity index (χ0) is 14.7. The quantitative estimate of drug-likeness (QED) is 0.692. The molecular weight excluding hydrogens is 274 g/mol. The normalized spacial score (nSPS) is 10.3. The van der Waals surface area contributed by atoms with E-state index in [2.05, 4.69) is 4.98 Å². The lowest BCUT2D eigenvalue weighted by Gasteiger charge is -2.22. The summed E-state index contributed by atoms with van der Waals surface area (Å²) in [5.74, 6) is -0.395. The van der Waals surface area contributed by atoms with E-state index < -0.39 is 5.97 Å². The Balaban J connectivity index is 2.33. The minimum absolute atomic E-state index is 0.395. The van der Waals surface area contributed by atoms with Gasteiger partial charge >= 0.3 is 5.97 Å². The largest absolute Gasteiger partial charge is 0.465 e. The summed E-state index contributed by atoms with van der Waals surface area (Å²) in [6, 6.07) is 5.22. The first-order valence-corrected chi connectivity index (χ1v) is 7.00. The van der Waals surface area contributed by atoms with Crippen molar-refractivity contribution in [3.8, 4) is 0 Å². The summed E-state index contributed by atoms with van der Waals surface area (Å²) < 4.78 is 4.80. The van der Waals surface area contributed by atoms with Gasteiger partial charge in [0.15, 0.2) is 0 Å². The zero-order valence-electron chi connectivity index (χ0n) is 11.7. The fraction of sp³-hybridized carbons (Fsp3) is 0.286. The highest BCUT2D eigenvalue weighted by Gasteiger charge is 2.18. The van der Waals surface area contributed by atoms with Crippen LogP contribution in [0.15, 0.2) is 23.6 Å². The summed E-state index contributed by atoms with van der Waals surface area (Å²) in [6.07, 6.45) is 0. The van der Waals surface area contributed by atoms with Crippen LogP contribution < -0.4 is 10.6 Å². The van der Waals surface area contributed by atoms with Gasteiger partial charge in [-0.25, -0.2) is 9.78 Å². The maximum atomic E-state index is 11.8. The fourth-order valence-corrected chi connectivity index (χ4v) is 2.67. The molecule has 1 heterocycles. The number of thiazole rings is 1. The minimum Gasteiger partial charge on any atom is -0.465 e. The van der Waals surface area contributed by atoms with Crippen molar-refractivity contribution >= 4 is 28.7 Å². The molecule has 0 saturated heterocycles.